The van der Waals surface area contributed by atoms with Gasteiger partial charge in [0.1, 0.15) is 0 Å². The molecule has 4 saturated carbocycles. The van der Waals surface area contributed by atoms with E-state index in [0.717, 1.165) is 43.3 Å². The van der Waals surface area contributed by atoms with Gasteiger partial charge in [0.25, 0.3) is 0 Å². The number of fused-ring (bicyclic) bond motifs is 5. The van der Waals surface area contributed by atoms with Crippen molar-refractivity contribution in [2.45, 2.75) is 96.9 Å². The van der Waals surface area contributed by atoms with Gasteiger partial charge in [0.2, 0.25) is 0 Å². The van der Waals surface area contributed by atoms with Crippen LogP contribution in [0, 0.1) is 34.5 Å². The maximum absolute atomic E-state index is 13.6. The monoisotopic (exact) mass is 462 g/mol. The van der Waals surface area contributed by atoms with Crippen molar-refractivity contribution in [2.24, 2.45) is 34.5 Å². The molecular weight excluding hydrogens is 420 g/mol. The lowest BCUT2D eigenvalue weighted by molar-refractivity contribution is -0.211. The van der Waals surface area contributed by atoms with Crippen LogP contribution in [0.25, 0.3) is 6.08 Å². The van der Waals surface area contributed by atoms with Crippen molar-refractivity contribution in [1.82, 2.24) is 0 Å². The number of Topliss-reactive ketones (excluding diaryl/α,β-unsaturated/α-hetero) is 1. The Morgan fingerprint density at radius 3 is 2.62 bits per heavy atom. The Balaban J connectivity index is 1.18. The summed E-state index contributed by atoms with van der Waals surface area (Å²) in [6, 6.07) is 10.4. The molecule has 184 valence electrons. The Bertz CT molecular complexity index is 931. The maximum Gasteiger partial charge on any atom is 0.165 e. The number of rotatable bonds is 3. The van der Waals surface area contributed by atoms with Gasteiger partial charge in [-0.3, -0.25) is 4.79 Å². The highest BCUT2D eigenvalue weighted by atomic mass is 16.7. The van der Waals surface area contributed by atoms with Crippen LogP contribution in [0.15, 0.2) is 35.9 Å². The largest absolute Gasteiger partial charge is 0.353 e. The number of carbonyl (C=O) groups excluding carboxylic acids is 1. The first-order valence-corrected chi connectivity index (χ1v) is 14.0. The summed E-state index contributed by atoms with van der Waals surface area (Å²) in [5, 5.41) is 0. The Labute approximate surface area is 205 Å². The molecule has 1 aromatic carbocycles. The number of ketones is 1. The molecule has 3 heteroatoms. The highest BCUT2D eigenvalue weighted by Gasteiger charge is 2.61. The predicted octanol–water partition coefficient (Wildman–Crippen LogP) is 7.20. The average Bonchev–Trinajstić information content (AvgIpc) is 3.11. The fourth-order valence-corrected chi connectivity index (χ4v) is 8.93. The van der Waals surface area contributed by atoms with Crippen LogP contribution < -0.4 is 0 Å². The Kier molecular flexibility index (Phi) is 6.01. The van der Waals surface area contributed by atoms with Gasteiger partial charge in [-0.25, -0.2) is 0 Å². The molecule has 1 saturated heterocycles. The summed E-state index contributed by atoms with van der Waals surface area (Å²) >= 11 is 0. The Morgan fingerprint density at radius 1 is 0.971 bits per heavy atom. The molecule has 5 aliphatic rings. The normalized spacial score (nSPS) is 45.5. The van der Waals surface area contributed by atoms with Gasteiger partial charge in [-0.05, 0) is 117 Å². The zero-order valence-corrected chi connectivity index (χ0v) is 21.1. The lowest BCUT2D eigenvalue weighted by Gasteiger charge is -2.60. The van der Waals surface area contributed by atoms with E-state index in [-0.39, 0.29) is 11.7 Å². The zero-order chi connectivity index (χ0) is 23.3. The zero-order valence-electron chi connectivity index (χ0n) is 21.1. The van der Waals surface area contributed by atoms with Crippen molar-refractivity contribution < 1.29 is 14.3 Å². The van der Waals surface area contributed by atoms with Crippen molar-refractivity contribution in [1.29, 1.82) is 0 Å². The SMILES string of the molecule is C[C@@]12CC[C@@H](O[C@@H]3CCCCO3)C[C@@H]1CC[C@H]1[C@H]2CC[C@]2(C)C(=O)/C(=C/c3ccccc3)C[C@@H]12. The second-order valence-electron chi connectivity index (χ2n) is 12.6. The summed E-state index contributed by atoms with van der Waals surface area (Å²) in [5.74, 6) is 3.19. The highest BCUT2D eigenvalue weighted by molar-refractivity contribution is 6.05. The molecule has 1 heterocycles. The average molecular weight is 463 g/mol. The van der Waals surface area contributed by atoms with Gasteiger partial charge < -0.3 is 9.47 Å². The van der Waals surface area contributed by atoms with Crippen LogP contribution in [-0.4, -0.2) is 24.8 Å². The standard InChI is InChI=1S/C31H42O3/c1-30-15-13-24(34-28-10-6-7-17-33-28)20-23(30)11-12-25-26(30)14-16-31(2)27(25)19-22(29(31)32)18-21-8-4-3-5-9-21/h3-5,8-9,18,23-28H,6-7,10-17,19-20H2,1-2H3/b22-18+/t23-,24+,25-,26+,27-,28+,30+,31-/m0/s1. The van der Waals surface area contributed by atoms with E-state index in [1.165, 1.54) is 56.9 Å². The van der Waals surface area contributed by atoms with Crippen LogP contribution in [0.5, 0.6) is 0 Å². The van der Waals surface area contributed by atoms with E-state index in [1.807, 2.05) is 6.07 Å². The summed E-state index contributed by atoms with van der Waals surface area (Å²) in [6.07, 6.45) is 15.6. The molecule has 1 aliphatic heterocycles. The van der Waals surface area contributed by atoms with Gasteiger partial charge in [0.05, 0.1) is 6.10 Å². The predicted molar refractivity (Wildman–Crippen MR) is 135 cm³/mol. The molecule has 3 nitrogen and oxygen atoms in total. The molecule has 0 spiro atoms. The Morgan fingerprint density at radius 2 is 1.82 bits per heavy atom. The van der Waals surface area contributed by atoms with Crippen molar-refractivity contribution in [2.75, 3.05) is 6.61 Å². The molecule has 5 fully saturated rings. The molecule has 0 bridgehead atoms. The summed E-state index contributed by atoms with van der Waals surface area (Å²) < 4.78 is 12.3. The number of hydrogen-bond acceptors (Lipinski definition) is 3. The van der Waals surface area contributed by atoms with E-state index in [4.69, 9.17) is 9.47 Å². The summed E-state index contributed by atoms with van der Waals surface area (Å²) in [7, 11) is 0. The number of allylic oxidation sites excluding steroid dienone is 1. The van der Waals surface area contributed by atoms with E-state index < -0.39 is 0 Å². The van der Waals surface area contributed by atoms with Crippen LogP contribution in [0.4, 0.5) is 0 Å². The molecule has 0 amide bonds. The summed E-state index contributed by atoms with van der Waals surface area (Å²) in [4.78, 5) is 13.6. The quantitative estimate of drug-likeness (QED) is 0.352. The second-order valence-corrected chi connectivity index (χ2v) is 12.6. The van der Waals surface area contributed by atoms with Crippen LogP contribution in [0.2, 0.25) is 0 Å². The van der Waals surface area contributed by atoms with E-state index in [9.17, 15) is 4.79 Å². The third-order valence-electron chi connectivity index (χ3n) is 10.9. The first-order valence-electron chi connectivity index (χ1n) is 14.0. The smallest absolute Gasteiger partial charge is 0.165 e. The van der Waals surface area contributed by atoms with Gasteiger partial charge >= 0.3 is 0 Å². The first kappa shape index (κ1) is 23.0. The molecule has 8 atom stereocenters. The van der Waals surface area contributed by atoms with Crippen molar-refractivity contribution in [3.8, 4) is 0 Å². The Hall–Kier alpha value is -1.45. The van der Waals surface area contributed by atoms with E-state index >= 15 is 0 Å². The third-order valence-corrected chi connectivity index (χ3v) is 10.9. The van der Waals surface area contributed by atoms with Crippen LogP contribution in [-0.2, 0) is 14.3 Å². The molecule has 6 rings (SSSR count). The fourth-order valence-electron chi connectivity index (χ4n) is 8.93. The molecule has 0 N–H and O–H groups in total. The van der Waals surface area contributed by atoms with E-state index in [0.29, 0.717) is 29.1 Å². The molecular formula is C31H42O3. The molecule has 0 radical (unpaired) electrons. The van der Waals surface area contributed by atoms with Gasteiger partial charge in [-0.1, -0.05) is 44.2 Å². The molecule has 1 aromatic rings. The summed E-state index contributed by atoms with van der Waals surface area (Å²) in [6.45, 7) is 5.76. The van der Waals surface area contributed by atoms with Crippen LogP contribution in [0.3, 0.4) is 0 Å². The van der Waals surface area contributed by atoms with E-state index in [2.05, 4.69) is 44.2 Å². The molecule has 0 unspecified atom stereocenters. The lowest BCUT2D eigenvalue weighted by Crippen LogP contribution is -2.54. The van der Waals surface area contributed by atoms with Crippen molar-refractivity contribution >= 4 is 11.9 Å². The number of hydrogen-bond donors (Lipinski definition) is 0. The second kappa shape index (κ2) is 8.89. The van der Waals surface area contributed by atoms with Gasteiger partial charge in [-0.15, -0.1) is 0 Å². The van der Waals surface area contributed by atoms with Crippen LogP contribution >= 0.6 is 0 Å². The third kappa shape index (κ3) is 3.82. The number of carbonyl (C=O) groups is 1. The van der Waals surface area contributed by atoms with Crippen molar-refractivity contribution in [3.05, 3.63) is 41.5 Å². The lowest BCUT2D eigenvalue weighted by atomic mass is 9.45. The van der Waals surface area contributed by atoms with Gasteiger partial charge in [-0.2, -0.15) is 0 Å². The molecule has 34 heavy (non-hydrogen) atoms. The first-order chi connectivity index (χ1) is 16.5. The minimum absolute atomic E-state index is 0.0363. The number of benzene rings is 1. The molecule has 0 aromatic heterocycles. The van der Waals surface area contributed by atoms with E-state index in [1.54, 1.807) is 0 Å². The highest BCUT2D eigenvalue weighted by Crippen LogP contribution is 2.66. The fraction of sp³-hybridized carbons (Fsp3) is 0.710. The van der Waals surface area contributed by atoms with Gasteiger partial charge in [0.15, 0.2) is 12.1 Å². The minimum Gasteiger partial charge on any atom is -0.353 e. The topological polar surface area (TPSA) is 35.5 Å². The summed E-state index contributed by atoms with van der Waals surface area (Å²) in [5.41, 5.74) is 2.51. The van der Waals surface area contributed by atoms with Crippen molar-refractivity contribution in [3.63, 3.8) is 0 Å². The molecule has 4 aliphatic carbocycles. The minimum atomic E-state index is -0.149. The maximum atomic E-state index is 13.6. The van der Waals surface area contributed by atoms with Gasteiger partial charge in [0, 0.05) is 12.0 Å². The van der Waals surface area contributed by atoms with Crippen LogP contribution in [0.1, 0.15) is 90.0 Å². The number of ether oxygens (including phenoxy) is 2.